The Morgan fingerprint density at radius 2 is 1.76 bits per heavy atom. The first-order chi connectivity index (χ1) is 14.1. The lowest BCUT2D eigenvalue weighted by Crippen LogP contribution is -2.47. The van der Waals surface area contributed by atoms with E-state index in [1.54, 1.807) is 26.4 Å². The molecule has 154 valence electrons. The number of rotatable bonds is 12. The number of carbonyl (C=O) groups excluding carboxylic acids is 1. The van der Waals surface area contributed by atoms with Crippen molar-refractivity contribution in [1.82, 2.24) is 5.32 Å². The van der Waals surface area contributed by atoms with Crippen molar-refractivity contribution >= 4 is 5.91 Å². The average Bonchev–Trinajstić information content (AvgIpc) is 2.77. The molecule has 1 N–H and O–H groups in total. The van der Waals surface area contributed by atoms with E-state index in [0.717, 1.165) is 11.1 Å². The molecule has 5 nitrogen and oxygen atoms in total. The van der Waals surface area contributed by atoms with E-state index in [-0.39, 0.29) is 12.5 Å². The molecule has 1 amide bonds. The van der Waals surface area contributed by atoms with Crippen LogP contribution in [0.2, 0.25) is 0 Å². The van der Waals surface area contributed by atoms with Crippen molar-refractivity contribution in [3.8, 4) is 11.5 Å². The molecule has 0 aliphatic rings. The summed E-state index contributed by atoms with van der Waals surface area (Å²) in [6.45, 7) is 8.23. The third-order valence-corrected chi connectivity index (χ3v) is 4.63. The first kappa shape index (κ1) is 22.2. The maximum absolute atomic E-state index is 13.2. The molecule has 29 heavy (non-hydrogen) atoms. The highest BCUT2D eigenvalue weighted by Crippen LogP contribution is 2.31. The van der Waals surface area contributed by atoms with E-state index in [4.69, 9.17) is 14.2 Å². The van der Waals surface area contributed by atoms with E-state index in [1.165, 1.54) is 0 Å². The Bertz CT molecular complexity index is 819. The maximum Gasteiger partial charge on any atom is 0.257 e. The summed E-state index contributed by atoms with van der Waals surface area (Å²) in [6, 6.07) is 15.2. The van der Waals surface area contributed by atoms with Crippen LogP contribution in [0.1, 0.15) is 17.5 Å². The fourth-order valence-electron chi connectivity index (χ4n) is 3.16. The number of ether oxygens (including phenoxy) is 3. The Hall–Kier alpha value is -3.05. The second-order valence-corrected chi connectivity index (χ2v) is 6.48. The van der Waals surface area contributed by atoms with Crippen LogP contribution in [-0.4, -0.2) is 33.3 Å². The van der Waals surface area contributed by atoms with Gasteiger partial charge >= 0.3 is 0 Å². The van der Waals surface area contributed by atoms with Crippen molar-refractivity contribution in [3.05, 3.63) is 85.0 Å². The number of amides is 1. The Morgan fingerprint density at radius 1 is 1.03 bits per heavy atom. The third kappa shape index (κ3) is 5.48. The van der Waals surface area contributed by atoms with E-state index in [2.05, 4.69) is 18.5 Å². The Kier molecular flexibility index (Phi) is 8.49. The molecule has 0 radical (unpaired) electrons. The molecule has 0 saturated carbocycles. The molecule has 5 heteroatoms. The van der Waals surface area contributed by atoms with Gasteiger partial charge in [-0.05, 0) is 29.7 Å². The van der Waals surface area contributed by atoms with Crippen LogP contribution in [0, 0.1) is 0 Å². The van der Waals surface area contributed by atoms with Crippen LogP contribution in [0.15, 0.2) is 73.8 Å². The first-order valence-electron chi connectivity index (χ1n) is 9.51. The SMILES string of the molecule is C=CCOC(CC=C)(C(=O)NCCc1ccc(OC)c(OC)c1)c1ccccc1. The van der Waals surface area contributed by atoms with Gasteiger partial charge in [0.15, 0.2) is 17.1 Å². The van der Waals surface area contributed by atoms with E-state index in [9.17, 15) is 4.79 Å². The zero-order chi connectivity index (χ0) is 21.1. The Balaban J connectivity index is 2.15. The number of nitrogens with one attached hydrogen (secondary N) is 1. The fourth-order valence-corrected chi connectivity index (χ4v) is 3.16. The van der Waals surface area contributed by atoms with Crippen LogP contribution in [0.25, 0.3) is 0 Å². The van der Waals surface area contributed by atoms with Gasteiger partial charge in [-0.3, -0.25) is 4.79 Å². The highest BCUT2D eigenvalue weighted by molar-refractivity contribution is 5.87. The van der Waals surface area contributed by atoms with Crippen LogP contribution in [0.4, 0.5) is 0 Å². The molecule has 1 unspecified atom stereocenters. The highest BCUT2D eigenvalue weighted by atomic mass is 16.5. The van der Waals surface area contributed by atoms with E-state index in [1.807, 2.05) is 48.5 Å². The zero-order valence-electron chi connectivity index (χ0n) is 17.1. The van der Waals surface area contributed by atoms with Gasteiger partial charge < -0.3 is 19.5 Å². The van der Waals surface area contributed by atoms with Gasteiger partial charge in [0.1, 0.15) is 0 Å². The van der Waals surface area contributed by atoms with Gasteiger partial charge in [-0.1, -0.05) is 48.6 Å². The summed E-state index contributed by atoms with van der Waals surface area (Å²) >= 11 is 0. The molecular formula is C24H29NO4. The van der Waals surface area contributed by atoms with E-state index >= 15 is 0 Å². The van der Waals surface area contributed by atoms with Crippen molar-refractivity contribution in [2.75, 3.05) is 27.4 Å². The molecule has 0 aliphatic carbocycles. The molecule has 0 heterocycles. The lowest BCUT2D eigenvalue weighted by molar-refractivity contribution is -0.147. The van der Waals surface area contributed by atoms with Gasteiger partial charge in [-0.2, -0.15) is 0 Å². The molecule has 2 aromatic carbocycles. The molecule has 2 rings (SSSR count). The molecule has 1 atom stereocenters. The molecule has 0 aromatic heterocycles. The van der Waals surface area contributed by atoms with Gasteiger partial charge in [0.25, 0.3) is 5.91 Å². The predicted octanol–water partition coefficient (Wildman–Crippen LogP) is 4.04. The summed E-state index contributed by atoms with van der Waals surface area (Å²) in [5.74, 6) is 1.13. The lowest BCUT2D eigenvalue weighted by atomic mass is 9.88. The minimum atomic E-state index is -1.14. The quantitative estimate of drug-likeness (QED) is 0.551. The average molecular weight is 395 g/mol. The second-order valence-electron chi connectivity index (χ2n) is 6.48. The number of hydrogen-bond acceptors (Lipinski definition) is 4. The minimum Gasteiger partial charge on any atom is -0.493 e. The molecule has 0 fully saturated rings. The number of carbonyl (C=O) groups is 1. The lowest BCUT2D eigenvalue weighted by Gasteiger charge is -2.32. The third-order valence-electron chi connectivity index (χ3n) is 4.63. The summed E-state index contributed by atoms with van der Waals surface area (Å²) in [4.78, 5) is 13.2. The number of benzene rings is 2. The summed E-state index contributed by atoms with van der Waals surface area (Å²) < 4.78 is 16.6. The fraction of sp³-hybridized carbons (Fsp3) is 0.292. The largest absolute Gasteiger partial charge is 0.493 e. The smallest absolute Gasteiger partial charge is 0.257 e. The number of hydrogen-bond donors (Lipinski definition) is 1. The summed E-state index contributed by atoms with van der Waals surface area (Å²) in [5.41, 5.74) is 0.670. The molecule has 2 aromatic rings. The molecule has 0 saturated heterocycles. The topological polar surface area (TPSA) is 56.8 Å². The number of methoxy groups -OCH3 is 2. The van der Waals surface area contributed by atoms with Crippen LogP contribution >= 0.6 is 0 Å². The van der Waals surface area contributed by atoms with Crippen LogP contribution in [0.5, 0.6) is 11.5 Å². The molecular weight excluding hydrogens is 366 g/mol. The van der Waals surface area contributed by atoms with Gasteiger partial charge in [0.2, 0.25) is 0 Å². The van der Waals surface area contributed by atoms with Crippen molar-refractivity contribution in [2.24, 2.45) is 0 Å². The maximum atomic E-state index is 13.2. The second kappa shape index (κ2) is 11.1. The van der Waals surface area contributed by atoms with Gasteiger partial charge in [0, 0.05) is 13.0 Å². The van der Waals surface area contributed by atoms with Crippen molar-refractivity contribution < 1.29 is 19.0 Å². The molecule has 0 bridgehead atoms. The molecule has 0 aliphatic heterocycles. The van der Waals surface area contributed by atoms with Gasteiger partial charge in [-0.25, -0.2) is 0 Å². The summed E-state index contributed by atoms with van der Waals surface area (Å²) in [6.07, 6.45) is 4.33. The van der Waals surface area contributed by atoms with E-state index in [0.29, 0.717) is 30.9 Å². The van der Waals surface area contributed by atoms with Crippen LogP contribution < -0.4 is 14.8 Å². The highest BCUT2D eigenvalue weighted by Gasteiger charge is 2.39. The van der Waals surface area contributed by atoms with Gasteiger partial charge in [-0.15, -0.1) is 13.2 Å². The standard InChI is InChI=1S/C24H29NO4/c1-5-15-24(29-17-6-2,20-10-8-7-9-11-20)23(26)25-16-14-19-12-13-21(27-3)22(18-19)28-4/h5-13,18H,1-2,14-17H2,3-4H3,(H,25,26). The van der Waals surface area contributed by atoms with Crippen LogP contribution in [0.3, 0.4) is 0 Å². The van der Waals surface area contributed by atoms with E-state index < -0.39 is 5.60 Å². The first-order valence-corrected chi connectivity index (χ1v) is 9.51. The van der Waals surface area contributed by atoms with Gasteiger partial charge in [0.05, 0.1) is 20.8 Å². The monoisotopic (exact) mass is 395 g/mol. The Labute approximate surface area is 173 Å². The van der Waals surface area contributed by atoms with Crippen LogP contribution in [-0.2, 0) is 21.6 Å². The van der Waals surface area contributed by atoms with Crippen molar-refractivity contribution in [1.29, 1.82) is 0 Å². The minimum absolute atomic E-state index is 0.203. The Morgan fingerprint density at radius 3 is 2.38 bits per heavy atom. The summed E-state index contributed by atoms with van der Waals surface area (Å²) in [5, 5.41) is 3.01. The zero-order valence-corrected chi connectivity index (χ0v) is 17.1. The predicted molar refractivity (Wildman–Crippen MR) is 115 cm³/mol. The van der Waals surface area contributed by atoms with Crippen molar-refractivity contribution in [3.63, 3.8) is 0 Å². The van der Waals surface area contributed by atoms with Crippen molar-refractivity contribution in [2.45, 2.75) is 18.4 Å². The molecule has 0 spiro atoms. The normalized spacial score (nSPS) is 12.5. The summed E-state index contributed by atoms with van der Waals surface area (Å²) in [7, 11) is 3.20.